The maximum absolute atomic E-state index is 12.2. The van der Waals surface area contributed by atoms with Gasteiger partial charge >= 0.3 is 0 Å². The molecule has 0 unspecified atom stereocenters. The summed E-state index contributed by atoms with van der Waals surface area (Å²) in [5, 5.41) is 3.34. The Bertz CT molecular complexity index is 452. The molecule has 0 aliphatic carbocycles. The van der Waals surface area contributed by atoms with Crippen molar-refractivity contribution < 1.29 is 4.79 Å². The molecule has 0 atom stereocenters. The Balaban J connectivity index is 0.00000242. The molecule has 1 aromatic rings. The van der Waals surface area contributed by atoms with Crippen LogP contribution in [0.15, 0.2) is 33.6 Å². The third kappa shape index (κ3) is 6.49. The number of nitrogens with one attached hydrogen (secondary N) is 1. The molecule has 0 radical (unpaired) electrons. The first-order chi connectivity index (χ1) is 10.2. The molecule has 1 heterocycles. The minimum absolute atomic E-state index is 0. The van der Waals surface area contributed by atoms with Crippen LogP contribution in [0.25, 0.3) is 0 Å². The van der Waals surface area contributed by atoms with Crippen molar-refractivity contribution in [2.45, 2.75) is 36.6 Å². The average molecular weight is 408 g/mol. The molecule has 1 amide bonds. The molecule has 0 bridgehead atoms. The normalized spacial score (nSPS) is 15.2. The van der Waals surface area contributed by atoms with E-state index >= 15 is 0 Å². The van der Waals surface area contributed by atoms with E-state index < -0.39 is 0 Å². The number of carbonyl (C=O) groups excluding carboxylic acids is 1. The molecule has 1 fully saturated rings. The molecule has 1 N–H and O–H groups in total. The van der Waals surface area contributed by atoms with Gasteiger partial charge in [0.1, 0.15) is 0 Å². The van der Waals surface area contributed by atoms with Gasteiger partial charge in [-0.3, -0.25) is 4.79 Å². The van der Waals surface area contributed by atoms with Crippen molar-refractivity contribution in [2.75, 3.05) is 25.9 Å². The Hall–Kier alpha value is -0.230. The zero-order valence-corrected chi connectivity index (χ0v) is 16.1. The number of thioether (sulfide) groups is 1. The van der Waals surface area contributed by atoms with Crippen LogP contribution in [0.4, 0.5) is 0 Å². The number of amides is 1. The molecule has 1 aliphatic heterocycles. The lowest BCUT2D eigenvalue weighted by Gasteiger charge is -2.31. The summed E-state index contributed by atoms with van der Waals surface area (Å²) in [4.78, 5) is 15.4. The van der Waals surface area contributed by atoms with Gasteiger partial charge in [0.2, 0.25) is 5.91 Å². The van der Waals surface area contributed by atoms with Crippen molar-refractivity contribution in [1.29, 1.82) is 0 Å². The molecular formula is C16H24BrClN2OS. The van der Waals surface area contributed by atoms with Crippen molar-refractivity contribution in [3.8, 4) is 0 Å². The van der Waals surface area contributed by atoms with E-state index in [1.165, 1.54) is 4.90 Å². The molecule has 3 nitrogen and oxygen atoms in total. The largest absolute Gasteiger partial charge is 0.343 e. The van der Waals surface area contributed by atoms with Crippen molar-refractivity contribution in [3.05, 3.63) is 28.7 Å². The van der Waals surface area contributed by atoms with Gasteiger partial charge < -0.3 is 10.2 Å². The van der Waals surface area contributed by atoms with Crippen LogP contribution in [0.2, 0.25) is 0 Å². The maximum atomic E-state index is 12.2. The quantitative estimate of drug-likeness (QED) is 0.572. The van der Waals surface area contributed by atoms with E-state index in [0.717, 1.165) is 42.6 Å². The number of halogens is 2. The number of rotatable bonds is 6. The summed E-state index contributed by atoms with van der Waals surface area (Å²) in [6.07, 6.45) is 3.75. The summed E-state index contributed by atoms with van der Waals surface area (Å²) in [5.41, 5.74) is 0. The van der Waals surface area contributed by atoms with Crippen LogP contribution in [-0.2, 0) is 4.79 Å². The van der Waals surface area contributed by atoms with Crippen molar-refractivity contribution in [1.82, 2.24) is 10.2 Å². The fourth-order valence-electron chi connectivity index (χ4n) is 2.52. The highest BCUT2D eigenvalue weighted by molar-refractivity contribution is 9.10. The summed E-state index contributed by atoms with van der Waals surface area (Å²) >= 11 is 5.25. The highest BCUT2D eigenvalue weighted by Crippen LogP contribution is 2.22. The lowest BCUT2D eigenvalue weighted by molar-refractivity contribution is -0.132. The molecule has 2 rings (SSSR count). The second-order valence-corrected chi connectivity index (χ2v) is 7.48. The van der Waals surface area contributed by atoms with Crippen molar-refractivity contribution >= 4 is 46.0 Å². The monoisotopic (exact) mass is 406 g/mol. The molecular weight excluding hydrogens is 384 g/mol. The van der Waals surface area contributed by atoms with Crippen molar-refractivity contribution in [3.63, 3.8) is 0 Å². The zero-order chi connectivity index (χ0) is 15.1. The van der Waals surface area contributed by atoms with Gasteiger partial charge in [0, 0.05) is 28.9 Å². The van der Waals surface area contributed by atoms with Crippen LogP contribution in [0.5, 0.6) is 0 Å². The standard InChI is InChI=1S/C16H23BrN2OS.ClH/c1-19(14-8-10-18-11-9-14)16(20)3-2-12-21-15-6-4-13(17)5-7-15;/h4-7,14,18H,2-3,8-12H2,1H3;1H. The molecule has 0 aromatic heterocycles. The van der Waals surface area contributed by atoms with E-state index in [4.69, 9.17) is 0 Å². The van der Waals surface area contributed by atoms with Gasteiger partial charge in [-0.2, -0.15) is 0 Å². The Labute approximate surface area is 152 Å². The first-order valence-electron chi connectivity index (χ1n) is 7.51. The average Bonchev–Trinajstić information content (AvgIpc) is 2.53. The zero-order valence-electron chi connectivity index (χ0n) is 12.9. The summed E-state index contributed by atoms with van der Waals surface area (Å²) in [6.45, 7) is 2.06. The van der Waals surface area contributed by atoms with Gasteiger partial charge in [-0.05, 0) is 62.4 Å². The van der Waals surface area contributed by atoms with E-state index in [1.54, 1.807) is 0 Å². The van der Waals surface area contributed by atoms with Gasteiger partial charge in [0.25, 0.3) is 0 Å². The molecule has 6 heteroatoms. The van der Waals surface area contributed by atoms with E-state index in [1.807, 2.05) is 23.7 Å². The van der Waals surface area contributed by atoms with Gasteiger partial charge in [0.15, 0.2) is 0 Å². The van der Waals surface area contributed by atoms with E-state index in [0.29, 0.717) is 18.4 Å². The summed E-state index contributed by atoms with van der Waals surface area (Å²) in [7, 11) is 1.96. The van der Waals surface area contributed by atoms with Crippen LogP contribution in [0.3, 0.4) is 0 Å². The second kappa shape index (κ2) is 10.5. The Morgan fingerprint density at radius 1 is 1.32 bits per heavy atom. The van der Waals surface area contributed by atoms with E-state index in [-0.39, 0.29) is 12.4 Å². The fraction of sp³-hybridized carbons (Fsp3) is 0.562. The van der Waals surface area contributed by atoms with E-state index in [9.17, 15) is 4.79 Å². The number of benzene rings is 1. The minimum atomic E-state index is 0. The third-order valence-electron chi connectivity index (χ3n) is 3.87. The topological polar surface area (TPSA) is 32.3 Å². The van der Waals surface area contributed by atoms with Gasteiger partial charge in [-0.25, -0.2) is 0 Å². The number of carbonyl (C=O) groups is 1. The van der Waals surface area contributed by atoms with Crippen LogP contribution in [0.1, 0.15) is 25.7 Å². The molecule has 1 aromatic carbocycles. The van der Waals surface area contributed by atoms with Crippen LogP contribution in [0, 0.1) is 0 Å². The molecule has 0 saturated carbocycles. The highest BCUT2D eigenvalue weighted by Gasteiger charge is 2.21. The smallest absolute Gasteiger partial charge is 0.222 e. The molecule has 1 saturated heterocycles. The third-order valence-corrected chi connectivity index (χ3v) is 5.49. The Morgan fingerprint density at radius 2 is 1.95 bits per heavy atom. The second-order valence-electron chi connectivity index (χ2n) is 5.39. The lowest BCUT2D eigenvalue weighted by atomic mass is 10.0. The number of nitrogens with zero attached hydrogens (tertiary/aromatic N) is 1. The van der Waals surface area contributed by atoms with Crippen molar-refractivity contribution in [2.24, 2.45) is 0 Å². The van der Waals surface area contributed by atoms with Crippen LogP contribution >= 0.6 is 40.1 Å². The number of piperidine rings is 1. The SMILES string of the molecule is CN(C(=O)CCCSc1ccc(Br)cc1)C1CCNCC1.Cl. The predicted octanol–water partition coefficient (Wildman–Crippen LogP) is 3.95. The first kappa shape index (κ1) is 19.8. The molecule has 0 spiro atoms. The minimum Gasteiger partial charge on any atom is -0.343 e. The fourth-order valence-corrected chi connectivity index (χ4v) is 3.64. The van der Waals surface area contributed by atoms with Gasteiger partial charge in [0.05, 0.1) is 0 Å². The molecule has 22 heavy (non-hydrogen) atoms. The predicted molar refractivity (Wildman–Crippen MR) is 100 cm³/mol. The summed E-state index contributed by atoms with van der Waals surface area (Å²) in [5.74, 6) is 1.28. The number of hydrogen-bond donors (Lipinski definition) is 1. The summed E-state index contributed by atoms with van der Waals surface area (Å²) < 4.78 is 1.10. The first-order valence-corrected chi connectivity index (χ1v) is 9.29. The van der Waals surface area contributed by atoms with Gasteiger partial charge in [-0.1, -0.05) is 15.9 Å². The Kier molecular flexibility index (Phi) is 9.48. The lowest BCUT2D eigenvalue weighted by Crippen LogP contribution is -2.43. The van der Waals surface area contributed by atoms with Gasteiger partial charge in [-0.15, -0.1) is 24.2 Å². The number of hydrogen-bond acceptors (Lipinski definition) is 3. The van der Waals surface area contributed by atoms with E-state index in [2.05, 4.69) is 45.5 Å². The maximum Gasteiger partial charge on any atom is 0.222 e. The van der Waals surface area contributed by atoms with Crippen LogP contribution in [-0.4, -0.2) is 42.7 Å². The Morgan fingerprint density at radius 3 is 2.59 bits per heavy atom. The summed E-state index contributed by atoms with van der Waals surface area (Å²) in [6, 6.07) is 8.75. The highest BCUT2D eigenvalue weighted by atomic mass is 79.9. The molecule has 124 valence electrons. The van der Waals surface area contributed by atoms with Crippen LogP contribution < -0.4 is 5.32 Å². The molecule has 1 aliphatic rings.